The molecule has 1 rings (SSSR count). The molecule has 66 valence electrons. The van der Waals surface area contributed by atoms with Crippen molar-refractivity contribution in [3.8, 4) is 0 Å². The summed E-state index contributed by atoms with van der Waals surface area (Å²) in [6.07, 6.45) is 2.00. The minimum absolute atomic E-state index is 0.774. The molecular formula is C9H11BrClN. The maximum Gasteiger partial charge on any atom is 0.0458 e. The number of nitrogen functional groups attached to an aromatic ring is 1. The molecule has 0 aliphatic heterocycles. The highest BCUT2D eigenvalue weighted by Crippen LogP contribution is 2.23. The van der Waals surface area contributed by atoms with Gasteiger partial charge in [0.15, 0.2) is 0 Å². The van der Waals surface area contributed by atoms with Gasteiger partial charge in [0, 0.05) is 16.0 Å². The Balaban J connectivity index is 2.81. The smallest absolute Gasteiger partial charge is 0.0458 e. The monoisotopic (exact) mass is 247 g/mol. The summed E-state index contributed by atoms with van der Waals surface area (Å²) in [7, 11) is 0. The summed E-state index contributed by atoms with van der Waals surface area (Å²) < 4.78 is 0. The molecule has 0 saturated heterocycles. The number of anilines is 1. The normalized spacial score (nSPS) is 10.2. The summed E-state index contributed by atoms with van der Waals surface area (Å²) in [6.45, 7) is 0. The van der Waals surface area contributed by atoms with Crippen LogP contribution >= 0.6 is 27.5 Å². The molecule has 0 saturated carbocycles. The Morgan fingerprint density at radius 1 is 1.42 bits per heavy atom. The van der Waals surface area contributed by atoms with E-state index >= 15 is 0 Å². The minimum atomic E-state index is 0.774. The molecule has 0 heterocycles. The van der Waals surface area contributed by atoms with E-state index in [2.05, 4.69) is 15.9 Å². The van der Waals surface area contributed by atoms with Gasteiger partial charge in [-0.15, -0.1) is 0 Å². The Kier molecular flexibility index (Phi) is 3.89. The largest absolute Gasteiger partial charge is 0.398 e. The molecule has 1 aromatic carbocycles. The van der Waals surface area contributed by atoms with Crippen LogP contribution in [0.15, 0.2) is 18.2 Å². The highest BCUT2D eigenvalue weighted by atomic mass is 79.9. The average molecular weight is 249 g/mol. The molecule has 0 aliphatic rings. The Labute approximate surface area is 86.0 Å². The molecule has 2 N–H and O–H groups in total. The van der Waals surface area contributed by atoms with Crippen molar-refractivity contribution in [1.29, 1.82) is 0 Å². The third kappa shape index (κ3) is 2.39. The summed E-state index contributed by atoms with van der Waals surface area (Å²) >= 11 is 9.34. The first-order valence-corrected chi connectivity index (χ1v) is 5.34. The molecular weight excluding hydrogens is 237 g/mol. The molecule has 0 unspecified atom stereocenters. The number of hydrogen-bond acceptors (Lipinski definition) is 1. The van der Waals surface area contributed by atoms with Gasteiger partial charge >= 0.3 is 0 Å². The van der Waals surface area contributed by atoms with E-state index in [4.69, 9.17) is 17.3 Å². The van der Waals surface area contributed by atoms with Crippen LogP contribution < -0.4 is 5.73 Å². The highest BCUT2D eigenvalue weighted by Gasteiger charge is 2.02. The highest BCUT2D eigenvalue weighted by molar-refractivity contribution is 9.09. The van der Waals surface area contributed by atoms with Gasteiger partial charge in [0.2, 0.25) is 0 Å². The van der Waals surface area contributed by atoms with Crippen LogP contribution in [0, 0.1) is 0 Å². The van der Waals surface area contributed by atoms with Crippen molar-refractivity contribution in [3.63, 3.8) is 0 Å². The third-order valence-electron chi connectivity index (χ3n) is 1.72. The van der Waals surface area contributed by atoms with Crippen molar-refractivity contribution < 1.29 is 0 Å². The first-order valence-electron chi connectivity index (χ1n) is 3.84. The van der Waals surface area contributed by atoms with Gasteiger partial charge in [-0.25, -0.2) is 0 Å². The van der Waals surface area contributed by atoms with Crippen LogP contribution in [0.4, 0.5) is 5.69 Å². The van der Waals surface area contributed by atoms with E-state index in [-0.39, 0.29) is 0 Å². The molecule has 0 amide bonds. The summed E-state index contributed by atoms with van der Waals surface area (Å²) in [5.41, 5.74) is 7.63. The Bertz CT molecular complexity index is 242. The van der Waals surface area contributed by atoms with Crippen molar-refractivity contribution in [2.45, 2.75) is 12.8 Å². The fraction of sp³-hybridized carbons (Fsp3) is 0.333. The van der Waals surface area contributed by atoms with E-state index in [0.29, 0.717) is 0 Å². The lowest BCUT2D eigenvalue weighted by atomic mass is 10.1. The van der Waals surface area contributed by atoms with Crippen LogP contribution in [0.1, 0.15) is 12.0 Å². The van der Waals surface area contributed by atoms with Crippen molar-refractivity contribution in [1.82, 2.24) is 0 Å². The molecule has 0 bridgehead atoms. The van der Waals surface area contributed by atoms with E-state index in [1.165, 1.54) is 0 Å². The second kappa shape index (κ2) is 4.73. The maximum absolute atomic E-state index is 5.97. The zero-order chi connectivity index (χ0) is 8.97. The number of benzene rings is 1. The Hall–Kier alpha value is -0.210. The first-order chi connectivity index (χ1) is 5.75. The van der Waals surface area contributed by atoms with Crippen LogP contribution in [-0.4, -0.2) is 5.33 Å². The van der Waals surface area contributed by atoms with Gasteiger partial charge in [-0.1, -0.05) is 33.6 Å². The van der Waals surface area contributed by atoms with Gasteiger partial charge in [0.05, 0.1) is 0 Å². The van der Waals surface area contributed by atoms with Crippen LogP contribution in [0.2, 0.25) is 5.02 Å². The molecule has 0 aliphatic carbocycles. The quantitative estimate of drug-likeness (QED) is 0.645. The number of nitrogens with two attached hydrogens (primary N) is 1. The topological polar surface area (TPSA) is 26.0 Å². The zero-order valence-electron chi connectivity index (χ0n) is 6.69. The summed E-state index contributed by atoms with van der Waals surface area (Å²) in [5, 5.41) is 1.76. The lowest BCUT2D eigenvalue weighted by molar-refractivity contribution is 0.942. The SMILES string of the molecule is Nc1cccc(Cl)c1CCCBr. The van der Waals surface area contributed by atoms with Crippen molar-refractivity contribution in [2.75, 3.05) is 11.1 Å². The van der Waals surface area contributed by atoms with Crippen molar-refractivity contribution >= 4 is 33.2 Å². The van der Waals surface area contributed by atoms with Gasteiger partial charge in [0.1, 0.15) is 0 Å². The molecule has 1 aromatic rings. The molecule has 0 fully saturated rings. The minimum Gasteiger partial charge on any atom is -0.398 e. The van der Waals surface area contributed by atoms with Gasteiger partial charge in [-0.05, 0) is 30.5 Å². The molecule has 12 heavy (non-hydrogen) atoms. The molecule has 3 heteroatoms. The van der Waals surface area contributed by atoms with Crippen molar-refractivity contribution in [3.05, 3.63) is 28.8 Å². The number of rotatable bonds is 3. The Morgan fingerprint density at radius 2 is 2.17 bits per heavy atom. The maximum atomic E-state index is 5.97. The average Bonchev–Trinajstić information content (AvgIpc) is 2.04. The number of halogens is 2. The van der Waals surface area contributed by atoms with Crippen LogP contribution in [0.25, 0.3) is 0 Å². The van der Waals surface area contributed by atoms with Crippen LogP contribution in [0.3, 0.4) is 0 Å². The van der Waals surface area contributed by atoms with E-state index in [1.807, 2.05) is 18.2 Å². The molecule has 1 nitrogen and oxygen atoms in total. The van der Waals surface area contributed by atoms with Gasteiger partial charge in [-0.3, -0.25) is 0 Å². The van der Waals surface area contributed by atoms with Crippen molar-refractivity contribution in [2.24, 2.45) is 0 Å². The summed E-state index contributed by atoms with van der Waals surface area (Å²) in [5.74, 6) is 0. The Morgan fingerprint density at radius 3 is 2.75 bits per heavy atom. The predicted octanol–water partition coefficient (Wildman–Crippen LogP) is 3.25. The molecule has 0 aromatic heterocycles. The molecule has 0 spiro atoms. The zero-order valence-corrected chi connectivity index (χ0v) is 9.03. The fourth-order valence-corrected chi connectivity index (χ4v) is 1.64. The summed E-state index contributed by atoms with van der Waals surface area (Å²) in [4.78, 5) is 0. The van der Waals surface area contributed by atoms with E-state index < -0.39 is 0 Å². The second-order valence-electron chi connectivity index (χ2n) is 2.60. The molecule has 0 atom stereocenters. The van der Waals surface area contributed by atoms with Gasteiger partial charge in [0.25, 0.3) is 0 Å². The lowest BCUT2D eigenvalue weighted by Gasteiger charge is -2.05. The fourth-order valence-electron chi connectivity index (χ4n) is 1.08. The van der Waals surface area contributed by atoms with E-state index in [9.17, 15) is 0 Å². The van der Waals surface area contributed by atoms with Gasteiger partial charge < -0.3 is 5.73 Å². The third-order valence-corrected chi connectivity index (χ3v) is 2.63. The van der Waals surface area contributed by atoms with Gasteiger partial charge in [-0.2, -0.15) is 0 Å². The number of hydrogen-bond donors (Lipinski definition) is 1. The lowest BCUT2D eigenvalue weighted by Crippen LogP contribution is -1.95. The van der Waals surface area contributed by atoms with E-state index in [1.54, 1.807) is 0 Å². The second-order valence-corrected chi connectivity index (χ2v) is 3.80. The standard InChI is InChI=1S/C9H11BrClN/c10-6-2-3-7-8(11)4-1-5-9(7)12/h1,4-5H,2-3,6,12H2. The van der Waals surface area contributed by atoms with Crippen LogP contribution in [-0.2, 0) is 6.42 Å². The first kappa shape index (κ1) is 9.87. The molecule has 0 radical (unpaired) electrons. The van der Waals surface area contributed by atoms with Crippen LogP contribution in [0.5, 0.6) is 0 Å². The summed E-state index contributed by atoms with van der Waals surface area (Å²) in [6, 6.07) is 5.63. The van der Waals surface area contributed by atoms with E-state index in [0.717, 1.165) is 34.4 Å². The predicted molar refractivity (Wildman–Crippen MR) is 58.0 cm³/mol. The number of alkyl halides is 1.